The molecule has 5 nitrogen and oxygen atoms in total. The van der Waals surface area contributed by atoms with Gasteiger partial charge in [-0.2, -0.15) is 18.4 Å². The second-order valence-electron chi connectivity index (χ2n) is 4.54. The van der Waals surface area contributed by atoms with Crippen LogP contribution < -0.4 is 5.32 Å². The maximum atomic E-state index is 12.3. The number of nitrogens with one attached hydrogen (secondary N) is 1. The molecule has 1 unspecified atom stereocenters. The molecule has 0 heterocycles. The summed E-state index contributed by atoms with van der Waals surface area (Å²) in [6.45, 7) is 2.76. The standard InChI is InChI=1S/C14H13F3N2O3S/c1-8(7-22-9(2)20)19-13(21)12-4-3-11(5-10(12)6-18)23-14(15,16)17/h3-5,8H,7H2,1-2H3,(H,19,21). The van der Waals surface area contributed by atoms with Gasteiger partial charge in [0.2, 0.25) is 0 Å². The fourth-order valence-corrected chi connectivity index (χ4v) is 2.18. The van der Waals surface area contributed by atoms with Crippen molar-refractivity contribution in [1.82, 2.24) is 5.32 Å². The zero-order valence-electron chi connectivity index (χ0n) is 12.2. The quantitative estimate of drug-likeness (QED) is 0.655. The fourth-order valence-electron chi connectivity index (χ4n) is 1.60. The largest absolute Gasteiger partial charge is 0.464 e. The van der Waals surface area contributed by atoms with Crippen molar-refractivity contribution < 1.29 is 27.5 Å². The molecule has 0 saturated heterocycles. The Morgan fingerprint density at radius 3 is 2.61 bits per heavy atom. The number of esters is 1. The Balaban J connectivity index is 2.85. The number of carbonyl (C=O) groups is 2. The predicted octanol–water partition coefficient (Wildman–Crippen LogP) is 2.85. The minimum atomic E-state index is -4.48. The number of nitrogens with zero attached hydrogens (tertiary/aromatic N) is 1. The maximum Gasteiger partial charge on any atom is 0.446 e. The lowest BCUT2D eigenvalue weighted by molar-refractivity contribution is -0.141. The average molecular weight is 346 g/mol. The van der Waals surface area contributed by atoms with Crippen molar-refractivity contribution in [1.29, 1.82) is 5.26 Å². The van der Waals surface area contributed by atoms with E-state index in [1.54, 1.807) is 13.0 Å². The average Bonchev–Trinajstić information content (AvgIpc) is 2.43. The summed E-state index contributed by atoms with van der Waals surface area (Å²) in [4.78, 5) is 22.5. The molecule has 23 heavy (non-hydrogen) atoms. The number of halogens is 3. The zero-order chi connectivity index (χ0) is 17.6. The van der Waals surface area contributed by atoms with Gasteiger partial charge in [-0.15, -0.1) is 0 Å². The van der Waals surface area contributed by atoms with E-state index in [9.17, 15) is 22.8 Å². The number of nitriles is 1. The smallest absolute Gasteiger partial charge is 0.446 e. The topological polar surface area (TPSA) is 79.2 Å². The van der Waals surface area contributed by atoms with E-state index in [2.05, 4.69) is 5.32 Å². The number of ether oxygens (including phenoxy) is 1. The Kier molecular flexibility index (Phi) is 6.45. The summed E-state index contributed by atoms with van der Waals surface area (Å²) < 4.78 is 41.7. The van der Waals surface area contributed by atoms with Crippen LogP contribution in [0.1, 0.15) is 29.8 Å². The van der Waals surface area contributed by atoms with Gasteiger partial charge in [-0.1, -0.05) is 0 Å². The lowest BCUT2D eigenvalue weighted by Crippen LogP contribution is -2.36. The highest BCUT2D eigenvalue weighted by molar-refractivity contribution is 8.00. The molecule has 9 heteroatoms. The first-order valence-corrected chi connectivity index (χ1v) is 7.18. The van der Waals surface area contributed by atoms with Crippen molar-refractivity contribution in [2.24, 2.45) is 0 Å². The van der Waals surface area contributed by atoms with E-state index in [0.29, 0.717) is 0 Å². The van der Waals surface area contributed by atoms with Gasteiger partial charge in [-0.25, -0.2) is 0 Å². The molecule has 124 valence electrons. The minimum Gasteiger partial charge on any atom is -0.464 e. The molecule has 0 aliphatic heterocycles. The van der Waals surface area contributed by atoms with Crippen molar-refractivity contribution in [3.05, 3.63) is 29.3 Å². The van der Waals surface area contributed by atoms with Gasteiger partial charge >= 0.3 is 11.5 Å². The van der Waals surface area contributed by atoms with Gasteiger partial charge in [-0.05, 0) is 36.9 Å². The van der Waals surface area contributed by atoms with Crippen LogP contribution >= 0.6 is 11.8 Å². The summed E-state index contributed by atoms with van der Waals surface area (Å²) in [5.74, 6) is -1.14. The number of hydrogen-bond acceptors (Lipinski definition) is 5. The van der Waals surface area contributed by atoms with E-state index >= 15 is 0 Å². The molecule has 1 rings (SSSR count). The molecule has 0 saturated carbocycles. The number of benzene rings is 1. The first kappa shape index (κ1) is 18.8. The highest BCUT2D eigenvalue weighted by Crippen LogP contribution is 2.37. The molecule has 0 radical (unpaired) electrons. The Hall–Kier alpha value is -2.21. The van der Waals surface area contributed by atoms with E-state index in [0.717, 1.165) is 18.2 Å². The number of amides is 1. The van der Waals surface area contributed by atoms with Crippen molar-refractivity contribution in [2.45, 2.75) is 30.3 Å². The normalized spacial score (nSPS) is 12.2. The SMILES string of the molecule is CC(=O)OCC(C)NC(=O)c1ccc(SC(F)(F)F)cc1C#N. The minimum absolute atomic E-state index is 0.0475. The third-order valence-electron chi connectivity index (χ3n) is 2.50. The molecule has 0 spiro atoms. The van der Waals surface area contributed by atoms with Gasteiger partial charge in [0.05, 0.1) is 23.2 Å². The van der Waals surface area contributed by atoms with Gasteiger partial charge in [0.1, 0.15) is 6.61 Å². The molecule has 0 fully saturated rings. The second kappa shape index (κ2) is 7.87. The molecular weight excluding hydrogens is 333 g/mol. The van der Waals surface area contributed by atoms with E-state index in [1.165, 1.54) is 6.92 Å². The number of carbonyl (C=O) groups excluding carboxylic acids is 2. The van der Waals surface area contributed by atoms with E-state index in [-0.39, 0.29) is 34.4 Å². The van der Waals surface area contributed by atoms with Gasteiger partial charge in [0, 0.05) is 11.8 Å². The van der Waals surface area contributed by atoms with Crippen LogP contribution in [0.5, 0.6) is 0 Å². The van der Waals surface area contributed by atoms with Gasteiger partial charge < -0.3 is 10.1 Å². The van der Waals surface area contributed by atoms with Crippen LogP contribution in [0.25, 0.3) is 0 Å². The third-order valence-corrected chi connectivity index (χ3v) is 3.22. The number of alkyl halides is 3. The molecule has 1 atom stereocenters. The number of thioether (sulfide) groups is 1. The van der Waals surface area contributed by atoms with Crippen molar-refractivity contribution in [3.8, 4) is 6.07 Å². The predicted molar refractivity (Wildman–Crippen MR) is 76.6 cm³/mol. The monoisotopic (exact) mass is 346 g/mol. The van der Waals surface area contributed by atoms with Crippen LogP contribution in [0.4, 0.5) is 13.2 Å². The van der Waals surface area contributed by atoms with Crippen molar-refractivity contribution in [2.75, 3.05) is 6.61 Å². The highest BCUT2D eigenvalue weighted by Gasteiger charge is 2.29. The fraction of sp³-hybridized carbons (Fsp3) is 0.357. The van der Waals surface area contributed by atoms with Crippen LogP contribution in [0.2, 0.25) is 0 Å². The molecule has 1 aromatic carbocycles. The Morgan fingerprint density at radius 2 is 2.09 bits per heavy atom. The Morgan fingerprint density at radius 1 is 1.43 bits per heavy atom. The van der Waals surface area contributed by atoms with Crippen LogP contribution in [-0.2, 0) is 9.53 Å². The van der Waals surface area contributed by atoms with Gasteiger partial charge in [0.15, 0.2) is 0 Å². The van der Waals surface area contributed by atoms with Crippen molar-refractivity contribution >= 4 is 23.6 Å². The van der Waals surface area contributed by atoms with Crippen LogP contribution in [0.3, 0.4) is 0 Å². The van der Waals surface area contributed by atoms with E-state index in [1.807, 2.05) is 0 Å². The molecule has 0 aliphatic rings. The van der Waals surface area contributed by atoms with Gasteiger partial charge in [-0.3, -0.25) is 9.59 Å². The van der Waals surface area contributed by atoms with Gasteiger partial charge in [0.25, 0.3) is 5.91 Å². The highest BCUT2D eigenvalue weighted by atomic mass is 32.2. The van der Waals surface area contributed by atoms with Crippen LogP contribution in [-0.4, -0.2) is 30.0 Å². The lowest BCUT2D eigenvalue weighted by atomic mass is 10.1. The lowest BCUT2D eigenvalue weighted by Gasteiger charge is -2.14. The molecule has 1 amide bonds. The molecule has 0 aromatic heterocycles. The Labute approximate surface area is 134 Å². The Bertz CT molecular complexity index is 641. The summed E-state index contributed by atoms with van der Waals surface area (Å²) in [5.41, 5.74) is -4.69. The summed E-state index contributed by atoms with van der Waals surface area (Å²) in [5, 5.41) is 11.5. The summed E-state index contributed by atoms with van der Waals surface area (Å²) >= 11 is -0.364. The zero-order valence-corrected chi connectivity index (χ0v) is 13.0. The third kappa shape index (κ3) is 6.61. The molecule has 0 bridgehead atoms. The molecule has 1 aromatic rings. The first-order chi connectivity index (χ1) is 10.6. The van der Waals surface area contributed by atoms with Crippen molar-refractivity contribution in [3.63, 3.8) is 0 Å². The van der Waals surface area contributed by atoms with Crippen LogP contribution in [0.15, 0.2) is 23.1 Å². The van der Waals surface area contributed by atoms with E-state index < -0.39 is 23.4 Å². The molecule has 1 N–H and O–H groups in total. The summed E-state index contributed by atoms with van der Waals surface area (Å²) in [6, 6.07) is 4.46. The summed E-state index contributed by atoms with van der Waals surface area (Å²) in [6.07, 6.45) is 0. The van der Waals surface area contributed by atoms with Crippen LogP contribution in [0, 0.1) is 11.3 Å². The number of rotatable bonds is 5. The number of hydrogen-bond donors (Lipinski definition) is 1. The van der Waals surface area contributed by atoms with E-state index in [4.69, 9.17) is 10.00 Å². The first-order valence-electron chi connectivity index (χ1n) is 6.36. The second-order valence-corrected chi connectivity index (χ2v) is 5.68. The summed E-state index contributed by atoms with van der Waals surface area (Å²) in [7, 11) is 0. The molecular formula is C14H13F3N2O3S. The molecule has 0 aliphatic carbocycles. The maximum absolute atomic E-state index is 12.3.